The molecule has 2 rings (SSSR count). The Morgan fingerprint density at radius 1 is 1.13 bits per heavy atom. The van der Waals surface area contributed by atoms with Crippen LogP contribution >= 0.6 is 0 Å². The molecule has 1 aromatic carbocycles. The smallest absolute Gasteiger partial charge is 0.407 e. The number of carboxylic acids is 1. The minimum atomic E-state index is -1.81. The van der Waals surface area contributed by atoms with Gasteiger partial charge < -0.3 is 35.2 Å². The number of carbonyl (C=O) groups excluding carboxylic acids is 1. The molecule has 0 aromatic heterocycles. The Bertz CT molecular complexity index is 551. The number of aliphatic hydroxyl groups is 3. The summed E-state index contributed by atoms with van der Waals surface area (Å²) in [6.07, 6.45) is -8.10. The lowest BCUT2D eigenvalue weighted by atomic mass is 9.97. The largest absolute Gasteiger partial charge is 0.479 e. The first-order valence-corrected chi connectivity index (χ1v) is 6.80. The van der Waals surface area contributed by atoms with Crippen molar-refractivity contribution >= 4 is 12.1 Å². The monoisotopic (exact) mass is 327 g/mol. The number of alkyl carbamates (subject to hydrolysis) is 1. The number of hydrogen-bond acceptors (Lipinski definition) is 7. The third-order valence-electron chi connectivity index (χ3n) is 3.36. The third kappa shape index (κ3) is 4.17. The fourth-order valence-corrected chi connectivity index (χ4v) is 2.14. The van der Waals surface area contributed by atoms with Crippen LogP contribution in [0.25, 0.3) is 0 Å². The van der Waals surface area contributed by atoms with Gasteiger partial charge in [-0.3, -0.25) is 0 Å². The van der Waals surface area contributed by atoms with Gasteiger partial charge in [0.2, 0.25) is 0 Å². The van der Waals surface area contributed by atoms with E-state index in [1.54, 1.807) is 30.3 Å². The van der Waals surface area contributed by atoms with E-state index in [9.17, 15) is 24.9 Å². The SMILES string of the molecule is O=C(N[C@H]1[C@@H](O)[C@H](O)[C@@H](C(=O)O)O[C@@H]1O)OCc1ccccc1. The first kappa shape index (κ1) is 17.2. The maximum Gasteiger partial charge on any atom is 0.407 e. The molecule has 23 heavy (non-hydrogen) atoms. The van der Waals surface area contributed by atoms with E-state index in [1.807, 2.05) is 0 Å². The van der Waals surface area contributed by atoms with Crippen LogP contribution in [0.3, 0.4) is 0 Å². The summed E-state index contributed by atoms with van der Waals surface area (Å²) in [5.74, 6) is -1.54. The molecule has 0 unspecified atom stereocenters. The number of carbonyl (C=O) groups is 2. The molecule has 126 valence electrons. The maximum atomic E-state index is 11.7. The summed E-state index contributed by atoms with van der Waals surface area (Å²) in [6, 6.07) is 7.38. The quantitative estimate of drug-likeness (QED) is 0.464. The summed E-state index contributed by atoms with van der Waals surface area (Å²) in [7, 11) is 0. The Hall–Kier alpha value is -2.20. The van der Waals surface area contributed by atoms with E-state index in [1.165, 1.54) is 0 Å². The molecular formula is C14H17NO8. The molecule has 1 fully saturated rings. The van der Waals surface area contributed by atoms with E-state index in [0.717, 1.165) is 5.56 Å². The van der Waals surface area contributed by atoms with Gasteiger partial charge in [-0.1, -0.05) is 30.3 Å². The van der Waals surface area contributed by atoms with E-state index in [-0.39, 0.29) is 6.61 Å². The molecule has 1 aromatic rings. The van der Waals surface area contributed by atoms with Gasteiger partial charge in [-0.2, -0.15) is 0 Å². The van der Waals surface area contributed by atoms with Gasteiger partial charge in [-0.05, 0) is 5.56 Å². The Morgan fingerprint density at radius 3 is 2.39 bits per heavy atom. The number of amides is 1. The second kappa shape index (κ2) is 7.38. The van der Waals surface area contributed by atoms with E-state index >= 15 is 0 Å². The number of hydrogen-bond donors (Lipinski definition) is 5. The fraction of sp³-hybridized carbons (Fsp3) is 0.429. The second-order valence-electron chi connectivity index (χ2n) is 5.00. The number of rotatable bonds is 4. The Morgan fingerprint density at radius 2 is 1.78 bits per heavy atom. The van der Waals surface area contributed by atoms with Crippen molar-refractivity contribution in [2.45, 2.75) is 37.3 Å². The van der Waals surface area contributed by atoms with Crippen molar-refractivity contribution < 1.29 is 39.5 Å². The van der Waals surface area contributed by atoms with Gasteiger partial charge in [0.1, 0.15) is 24.9 Å². The van der Waals surface area contributed by atoms with Gasteiger partial charge in [-0.15, -0.1) is 0 Å². The van der Waals surface area contributed by atoms with E-state index in [4.69, 9.17) is 9.84 Å². The van der Waals surface area contributed by atoms with E-state index in [0.29, 0.717) is 0 Å². The molecule has 0 saturated carbocycles. The number of benzene rings is 1. The third-order valence-corrected chi connectivity index (χ3v) is 3.36. The van der Waals surface area contributed by atoms with Crippen molar-refractivity contribution in [2.75, 3.05) is 0 Å². The highest BCUT2D eigenvalue weighted by Crippen LogP contribution is 2.20. The highest BCUT2D eigenvalue weighted by Gasteiger charge is 2.47. The van der Waals surface area contributed by atoms with Crippen molar-refractivity contribution in [3.8, 4) is 0 Å². The molecule has 5 N–H and O–H groups in total. The zero-order valence-corrected chi connectivity index (χ0v) is 11.9. The molecule has 1 saturated heterocycles. The van der Waals surface area contributed by atoms with Crippen molar-refractivity contribution in [1.82, 2.24) is 5.32 Å². The standard InChI is InChI=1S/C14H17NO8/c16-9-8(13(20)23-11(10(9)17)12(18)19)15-14(21)22-6-7-4-2-1-3-5-7/h1-5,8-11,13,16-17,20H,6H2,(H,15,21)(H,18,19)/t8-,9+,10-,11-,13-/m0/s1. The molecule has 9 heteroatoms. The molecule has 0 bridgehead atoms. The molecule has 9 nitrogen and oxygen atoms in total. The van der Waals surface area contributed by atoms with Crippen molar-refractivity contribution in [1.29, 1.82) is 0 Å². The number of ether oxygens (including phenoxy) is 2. The van der Waals surface area contributed by atoms with Crippen molar-refractivity contribution in [3.63, 3.8) is 0 Å². The predicted molar refractivity (Wildman–Crippen MR) is 74.1 cm³/mol. The van der Waals surface area contributed by atoms with Crippen molar-refractivity contribution in [2.24, 2.45) is 0 Å². The minimum absolute atomic E-state index is 0.0350. The molecule has 5 atom stereocenters. The molecule has 0 aliphatic carbocycles. The highest BCUT2D eigenvalue weighted by atomic mass is 16.6. The average molecular weight is 327 g/mol. The molecule has 1 amide bonds. The van der Waals surface area contributed by atoms with Crippen LogP contribution in [0, 0.1) is 0 Å². The summed E-state index contributed by atoms with van der Waals surface area (Å²) < 4.78 is 9.59. The van der Waals surface area contributed by atoms with E-state index in [2.05, 4.69) is 10.1 Å². The van der Waals surface area contributed by atoms with Crippen LogP contribution in [0.4, 0.5) is 4.79 Å². The van der Waals surface area contributed by atoms with Crippen LogP contribution in [-0.4, -0.2) is 63.1 Å². The Balaban J connectivity index is 1.91. The zero-order chi connectivity index (χ0) is 17.0. The number of carboxylic acid groups (broad SMARTS) is 1. The molecule has 1 aliphatic heterocycles. The first-order valence-electron chi connectivity index (χ1n) is 6.80. The second-order valence-corrected chi connectivity index (χ2v) is 5.00. The van der Waals surface area contributed by atoms with Crippen LogP contribution in [0.15, 0.2) is 30.3 Å². The highest BCUT2D eigenvalue weighted by molar-refractivity contribution is 5.73. The fourth-order valence-electron chi connectivity index (χ4n) is 2.14. The van der Waals surface area contributed by atoms with Crippen LogP contribution in [-0.2, 0) is 20.9 Å². The molecule has 1 heterocycles. The van der Waals surface area contributed by atoms with Gasteiger partial charge in [0.25, 0.3) is 0 Å². The average Bonchev–Trinajstić information content (AvgIpc) is 2.53. The van der Waals surface area contributed by atoms with Crippen LogP contribution in [0.1, 0.15) is 5.56 Å². The van der Waals surface area contributed by atoms with Gasteiger partial charge in [0.15, 0.2) is 12.4 Å². The number of nitrogens with one attached hydrogen (secondary N) is 1. The normalized spacial score (nSPS) is 30.5. The van der Waals surface area contributed by atoms with Gasteiger partial charge in [0, 0.05) is 0 Å². The maximum absolute atomic E-state index is 11.7. The molecule has 1 aliphatic rings. The number of aliphatic carboxylic acids is 1. The van der Waals surface area contributed by atoms with E-state index < -0.39 is 42.7 Å². The lowest BCUT2D eigenvalue weighted by molar-refractivity contribution is -0.248. The summed E-state index contributed by atoms with van der Waals surface area (Å²) in [4.78, 5) is 22.5. The minimum Gasteiger partial charge on any atom is -0.479 e. The summed E-state index contributed by atoms with van der Waals surface area (Å²) >= 11 is 0. The molecule has 0 spiro atoms. The molecular weight excluding hydrogens is 310 g/mol. The lowest BCUT2D eigenvalue weighted by Crippen LogP contribution is -2.65. The zero-order valence-electron chi connectivity index (χ0n) is 11.9. The first-order chi connectivity index (χ1) is 10.9. The number of aliphatic hydroxyl groups excluding tert-OH is 3. The van der Waals surface area contributed by atoms with Crippen LogP contribution < -0.4 is 5.32 Å². The van der Waals surface area contributed by atoms with Crippen LogP contribution in [0.5, 0.6) is 0 Å². The predicted octanol–water partition coefficient (Wildman–Crippen LogP) is -1.19. The summed E-state index contributed by atoms with van der Waals surface area (Å²) in [6.45, 7) is -0.0350. The Labute approximate surface area is 131 Å². The lowest BCUT2D eigenvalue weighted by Gasteiger charge is -2.38. The van der Waals surface area contributed by atoms with Crippen LogP contribution in [0.2, 0.25) is 0 Å². The summed E-state index contributed by atoms with van der Waals surface area (Å²) in [5.41, 5.74) is 0.731. The van der Waals surface area contributed by atoms with Gasteiger partial charge in [0.05, 0.1) is 0 Å². The Kier molecular flexibility index (Phi) is 5.50. The molecule has 0 radical (unpaired) electrons. The van der Waals surface area contributed by atoms with Crippen molar-refractivity contribution in [3.05, 3.63) is 35.9 Å². The van der Waals surface area contributed by atoms with Gasteiger partial charge >= 0.3 is 12.1 Å². The summed E-state index contributed by atoms with van der Waals surface area (Å²) in [5, 5.41) is 40.1. The topological polar surface area (TPSA) is 146 Å². The van der Waals surface area contributed by atoms with Gasteiger partial charge in [-0.25, -0.2) is 9.59 Å².